The molecule has 0 bridgehead atoms. The summed E-state index contributed by atoms with van der Waals surface area (Å²) in [6, 6.07) is 8.46. The lowest BCUT2D eigenvalue weighted by Crippen LogP contribution is -2.26. The smallest absolute Gasteiger partial charge is 0.222 e. The first-order valence-corrected chi connectivity index (χ1v) is 7.07. The predicted octanol–water partition coefficient (Wildman–Crippen LogP) is 2.02. The lowest BCUT2D eigenvalue weighted by Gasteiger charge is -2.00. The highest BCUT2D eigenvalue weighted by Gasteiger charge is 2.16. The summed E-state index contributed by atoms with van der Waals surface area (Å²) in [5.74, 6) is 0.723. The van der Waals surface area contributed by atoms with Gasteiger partial charge in [0.15, 0.2) is 0 Å². The van der Waals surface area contributed by atoms with Crippen LogP contribution in [0.5, 0.6) is 0 Å². The Balaban J connectivity index is 0.000000882. The minimum Gasteiger partial charge on any atom is -0.323 e. The van der Waals surface area contributed by atoms with Gasteiger partial charge < -0.3 is 4.98 Å². The highest BCUT2D eigenvalue weighted by Crippen LogP contribution is 2.21. The summed E-state index contributed by atoms with van der Waals surface area (Å²) < 4.78 is 0. The molecule has 0 radical (unpaired) electrons. The number of nitrogens with one attached hydrogen (secondary N) is 2. The maximum Gasteiger partial charge on any atom is 0.222 e. The van der Waals surface area contributed by atoms with E-state index in [1.165, 1.54) is 11.1 Å². The van der Waals surface area contributed by atoms with E-state index in [4.69, 9.17) is 0 Å². The summed E-state index contributed by atoms with van der Waals surface area (Å²) in [5.41, 5.74) is 6.82. The second-order valence-electron chi connectivity index (χ2n) is 5.20. The van der Waals surface area contributed by atoms with Gasteiger partial charge in [0.2, 0.25) is 5.95 Å². The molecule has 0 saturated carbocycles. The van der Waals surface area contributed by atoms with Crippen molar-refractivity contribution < 1.29 is 2.85 Å². The molecule has 0 amide bonds. The molecule has 4 nitrogen and oxygen atoms in total. The van der Waals surface area contributed by atoms with Crippen molar-refractivity contribution in [3.63, 3.8) is 0 Å². The molecule has 1 heterocycles. The molecule has 4 rings (SSSR count). The number of fused-ring (bicyclic) bond motifs is 2. The Morgan fingerprint density at radius 1 is 1.15 bits per heavy atom. The Bertz CT molecular complexity index is 774. The van der Waals surface area contributed by atoms with Gasteiger partial charge >= 0.3 is 0 Å². The average molecular weight is 268 g/mol. The van der Waals surface area contributed by atoms with Crippen LogP contribution in [-0.2, 0) is 6.42 Å². The first-order valence-electron chi connectivity index (χ1n) is 7.07. The lowest BCUT2D eigenvalue weighted by atomic mass is 10.1. The van der Waals surface area contributed by atoms with Gasteiger partial charge in [-0.25, -0.2) is 10.4 Å². The third kappa shape index (κ3) is 1.93. The maximum atomic E-state index is 4.52. The van der Waals surface area contributed by atoms with Gasteiger partial charge in [0.1, 0.15) is 0 Å². The van der Waals surface area contributed by atoms with Gasteiger partial charge in [0.25, 0.3) is 0 Å². The number of hydrogen-bond acceptors (Lipinski definition) is 3. The number of imidazole rings is 1. The molecule has 20 heavy (non-hydrogen) atoms. The number of hydrazone groups is 1. The zero-order chi connectivity index (χ0) is 13.4. The Labute approximate surface area is 119 Å². The van der Waals surface area contributed by atoms with Crippen molar-refractivity contribution in [1.82, 2.24) is 9.97 Å². The number of aromatic nitrogens is 2. The average Bonchev–Trinajstić information content (AvgIpc) is 3.08. The number of H-pyrrole nitrogens is 1. The Kier molecular flexibility index (Phi) is 2.66. The predicted molar refractivity (Wildman–Crippen MR) is 85.2 cm³/mol. The van der Waals surface area contributed by atoms with Crippen LogP contribution in [0.3, 0.4) is 0 Å². The van der Waals surface area contributed by atoms with Crippen LogP contribution >= 0.6 is 0 Å². The molecule has 0 unspecified atom stereocenters. The molecule has 2 N–H and O–H groups in total. The van der Waals surface area contributed by atoms with Crippen LogP contribution in [0.25, 0.3) is 12.2 Å². The normalized spacial score (nSPS) is 18.1. The molecule has 2 aliphatic carbocycles. The van der Waals surface area contributed by atoms with E-state index in [9.17, 15) is 0 Å². The van der Waals surface area contributed by atoms with Gasteiger partial charge in [-0.1, -0.05) is 36.4 Å². The summed E-state index contributed by atoms with van der Waals surface area (Å²) in [5, 5.41) is 6.66. The third-order valence-electron chi connectivity index (χ3n) is 3.87. The number of aromatic amines is 1. The van der Waals surface area contributed by atoms with E-state index in [-0.39, 0.29) is 2.85 Å². The van der Waals surface area contributed by atoms with Crippen LogP contribution in [0, 0.1) is 0 Å². The first kappa shape index (κ1) is 11.5. The maximum absolute atomic E-state index is 4.52. The van der Waals surface area contributed by atoms with E-state index in [0.29, 0.717) is 0 Å². The zero-order valence-corrected chi connectivity index (χ0v) is 11.2. The van der Waals surface area contributed by atoms with E-state index >= 15 is 0 Å². The van der Waals surface area contributed by atoms with E-state index < -0.39 is 0 Å². The minimum absolute atomic E-state index is 0. The zero-order valence-electron chi connectivity index (χ0n) is 11.2. The molecule has 0 saturated heterocycles. The molecule has 0 fully saturated rings. The van der Waals surface area contributed by atoms with Crippen LogP contribution in [0.4, 0.5) is 5.95 Å². The molecule has 2 aromatic rings. The number of benzene rings is 1. The molecule has 2 aliphatic rings. The monoisotopic (exact) mass is 268 g/mol. The molecule has 1 aromatic heterocycles. The molecule has 0 atom stereocenters. The van der Waals surface area contributed by atoms with Crippen molar-refractivity contribution in [3.05, 3.63) is 46.1 Å². The summed E-state index contributed by atoms with van der Waals surface area (Å²) in [4.78, 5) is 7.77. The molecular formula is C16H20N4. The van der Waals surface area contributed by atoms with Gasteiger partial charge in [-0.05, 0) is 31.2 Å². The number of rotatable bonds is 2. The Morgan fingerprint density at radius 2 is 2.05 bits per heavy atom. The number of aryl methyl sites for hydroxylation is 1. The van der Waals surface area contributed by atoms with Crippen molar-refractivity contribution in [3.8, 4) is 0 Å². The van der Waals surface area contributed by atoms with Gasteiger partial charge in [-0.3, -0.25) is 0 Å². The van der Waals surface area contributed by atoms with E-state index in [1.54, 1.807) is 0 Å². The fourth-order valence-electron chi connectivity index (χ4n) is 2.86. The van der Waals surface area contributed by atoms with Crippen LogP contribution in [-0.4, -0.2) is 15.7 Å². The van der Waals surface area contributed by atoms with Crippen molar-refractivity contribution in [1.29, 1.82) is 0 Å². The second kappa shape index (κ2) is 4.63. The van der Waals surface area contributed by atoms with Gasteiger partial charge in [-0.2, -0.15) is 5.10 Å². The van der Waals surface area contributed by atoms with E-state index in [1.807, 2.05) is 0 Å². The summed E-state index contributed by atoms with van der Waals surface area (Å²) in [6.07, 6.45) is 8.56. The summed E-state index contributed by atoms with van der Waals surface area (Å²) in [6.45, 7) is 0. The third-order valence-corrected chi connectivity index (χ3v) is 3.87. The molecule has 0 spiro atoms. The first-order chi connectivity index (χ1) is 9.90. The second-order valence-corrected chi connectivity index (χ2v) is 5.20. The number of nitrogens with zero attached hydrogens (tertiary/aromatic N) is 2. The van der Waals surface area contributed by atoms with Gasteiger partial charge in [0, 0.05) is 8.42 Å². The fourth-order valence-corrected chi connectivity index (χ4v) is 2.86. The molecule has 4 heteroatoms. The van der Waals surface area contributed by atoms with Gasteiger partial charge in [-0.15, -0.1) is 0 Å². The number of hydrogen-bond donors (Lipinski definition) is 2. The minimum atomic E-state index is 0. The summed E-state index contributed by atoms with van der Waals surface area (Å²) in [7, 11) is 0. The van der Waals surface area contributed by atoms with Gasteiger partial charge in [0.05, 0.1) is 16.4 Å². The molecule has 0 aliphatic heterocycles. The van der Waals surface area contributed by atoms with Crippen LogP contribution in [0.2, 0.25) is 0 Å². The largest absolute Gasteiger partial charge is 0.323 e. The van der Waals surface area contributed by atoms with Crippen molar-refractivity contribution >= 4 is 23.8 Å². The fraction of sp³-hybridized carbons (Fsp3) is 0.250. The van der Waals surface area contributed by atoms with Crippen molar-refractivity contribution in [2.45, 2.75) is 25.7 Å². The van der Waals surface area contributed by atoms with E-state index in [2.05, 4.69) is 56.9 Å². The molecule has 104 valence electrons. The Hall–Kier alpha value is -2.36. The highest BCUT2D eigenvalue weighted by atomic mass is 15.4. The Morgan fingerprint density at radius 3 is 3.00 bits per heavy atom. The molecular weight excluding hydrogens is 248 g/mol. The highest BCUT2D eigenvalue weighted by molar-refractivity contribution is 6.04. The molecule has 1 aromatic carbocycles. The number of anilines is 1. The lowest BCUT2D eigenvalue weighted by molar-refractivity contribution is 1.08. The van der Waals surface area contributed by atoms with Crippen LogP contribution in [0.15, 0.2) is 29.4 Å². The standard InChI is InChI=1S/C16H16N4.2H2/c1-2-6-12-11(5-1)9-10-13(12)19-20-16-17-14-7-3-4-8-15(14)18-16;;/h1-2,5-8H,3-4,9-10H2,(H2,17,18,20);2*1H/b19-13+;;. The summed E-state index contributed by atoms with van der Waals surface area (Å²) >= 11 is 0. The van der Waals surface area contributed by atoms with Crippen LogP contribution < -0.4 is 16.1 Å². The topological polar surface area (TPSA) is 53.1 Å². The SMILES string of the molecule is C1=c2nc(N/N=C3\CCc4ccccc43)[nH]c2=CCC1.[HH].[HH]. The van der Waals surface area contributed by atoms with Crippen molar-refractivity contribution in [2.75, 3.05) is 5.43 Å². The van der Waals surface area contributed by atoms with Crippen molar-refractivity contribution in [2.24, 2.45) is 5.10 Å². The quantitative estimate of drug-likeness (QED) is 0.819. The van der Waals surface area contributed by atoms with E-state index in [0.717, 1.165) is 48.0 Å². The van der Waals surface area contributed by atoms with Crippen LogP contribution in [0.1, 0.15) is 33.2 Å².